The van der Waals surface area contributed by atoms with Gasteiger partial charge in [0.1, 0.15) is 5.44 Å². The number of nitrogens with two attached hydrogens (primary N) is 1. The van der Waals surface area contributed by atoms with Crippen LogP contribution in [-0.2, 0) is 9.73 Å². The largest absolute Gasteiger partial charge is 0.393 e. The molecule has 0 bridgehead atoms. The van der Waals surface area contributed by atoms with Gasteiger partial charge in [0.15, 0.2) is 4.99 Å². The first-order valence-electron chi connectivity index (χ1n) is 4.39. The third kappa shape index (κ3) is 1.91. The first kappa shape index (κ1) is 10.6. The zero-order chi connectivity index (χ0) is 10.9. The molecule has 3 N–H and O–H groups in total. The van der Waals surface area contributed by atoms with E-state index in [1.165, 1.54) is 22.5 Å². The van der Waals surface area contributed by atoms with E-state index >= 15 is 0 Å². The summed E-state index contributed by atoms with van der Waals surface area (Å²) in [6, 6.07) is 1.63. The Morgan fingerprint density at radius 3 is 3.27 bits per heavy atom. The Kier molecular flexibility index (Phi) is 2.79. The van der Waals surface area contributed by atoms with Crippen molar-refractivity contribution in [2.45, 2.75) is 10.4 Å². The van der Waals surface area contributed by atoms with Crippen molar-refractivity contribution < 1.29 is 9.84 Å². The molecule has 1 saturated heterocycles. The van der Waals surface area contributed by atoms with Crippen LogP contribution in [0.15, 0.2) is 23.3 Å². The molecule has 2 rings (SSSR count). The van der Waals surface area contributed by atoms with Crippen LogP contribution < -0.4 is 11.4 Å². The van der Waals surface area contributed by atoms with Crippen molar-refractivity contribution in [3.8, 4) is 0 Å². The molecule has 7 heteroatoms. The van der Waals surface area contributed by atoms with Crippen molar-refractivity contribution >= 4 is 11.8 Å². The highest BCUT2D eigenvalue weighted by atomic mass is 32.2. The molecule has 15 heavy (non-hydrogen) atoms. The number of aromatic nitrogens is 2. The zero-order valence-corrected chi connectivity index (χ0v) is 8.68. The Labute approximate surface area is 90.1 Å². The number of nitrogens with zero attached hydrogens (tertiary/aromatic N) is 2. The van der Waals surface area contributed by atoms with E-state index in [2.05, 4.69) is 4.98 Å². The van der Waals surface area contributed by atoms with E-state index in [1.54, 1.807) is 12.3 Å². The number of rotatable bonds is 2. The minimum absolute atomic E-state index is 0.126. The Morgan fingerprint density at radius 2 is 2.67 bits per heavy atom. The van der Waals surface area contributed by atoms with Gasteiger partial charge in [-0.2, -0.15) is 0 Å². The number of hydrogen-bond acceptors (Lipinski definition) is 6. The van der Waals surface area contributed by atoms with Gasteiger partial charge in [-0.15, -0.1) is 0 Å². The van der Waals surface area contributed by atoms with Crippen molar-refractivity contribution in [3.05, 3.63) is 28.9 Å². The van der Waals surface area contributed by atoms with E-state index in [0.717, 1.165) is 0 Å². The van der Waals surface area contributed by atoms with Gasteiger partial charge in [-0.05, 0) is 6.07 Å². The van der Waals surface area contributed by atoms with E-state index in [4.69, 9.17) is 15.6 Å². The Bertz CT molecular complexity index is 410. The third-order valence-corrected chi connectivity index (χ3v) is 3.35. The minimum atomic E-state index is -0.973. The number of aliphatic hydroxyl groups excluding tert-OH is 1. The van der Waals surface area contributed by atoms with Gasteiger partial charge in [0.05, 0.1) is 13.2 Å². The lowest BCUT2D eigenvalue weighted by atomic mass is 10.5. The van der Waals surface area contributed by atoms with Gasteiger partial charge in [0.2, 0.25) is 0 Å². The van der Waals surface area contributed by atoms with Gasteiger partial charge in [-0.25, -0.2) is 9.78 Å². The molecular weight excluding hydrogens is 218 g/mol. The second-order valence-electron chi connectivity index (χ2n) is 3.16. The molecule has 1 fully saturated rings. The Morgan fingerprint density at radius 1 is 1.87 bits per heavy atom. The molecule has 1 aromatic rings. The quantitative estimate of drug-likeness (QED) is 0.668. The molecule has 2 heterocycles. The number of ether oxygens (including phenoxy) is 1. The van der Waals surface area contributed by atoms with Crippen molar-refractivity contribution in [1.29, 1.82) is 0 Å². The standard InChI is InChI=1S/C8H11N3O3S/c9-8(5-14-6(4-12)15-8)11-3-1-2-10-7(11)13/h1-3,6,12H,4-5,9H2/t6-,8+/m1/s1. The molecule has 0 amide bonds. The van der Waals surface area contributed by atoms with E-state index in [1.807, 2.05) is 0 Å². The van der Waals surface area contributed by atoms with Crippen molar-refractivity contribution in [2.24, 2.45) is 5.73 Å². The fourth-order valence-corrected chi connectivity index (χ4v) is 2.42. The molecule has 1 aromatic heterocycles. The highest BCUT2D eigenvalue weighted by molar-refractivity contribution is 8.00. The SMILES string of the molecule is N[C@]1(n2cccnc2=O)CO[C@@H](CO)S1. The molecule has 1 aliphatic rings. The van der Waals surface area contributed by atoms with Crippen LogP contribution >= 0.6 is 11.8 Å². The highest BCUT2D eigenvalue weighted by Gasteiger charge is 2.39. The number of hydrogen-bond donors (Lipinski definition) is 2. The molecule has 0 radical (unpaired) electrons. The van der Waals surface area contributed by atoms with Crippen LogP contribution in [0.2, 0.25) is 0 Å². The summed E-state index contributed by atoms with van der Waals surface area (Å²) in [5.41, 5.74) is 5.19. The molecule has 0 saturated carbocycles. The van der Waals surface area contributed by atoms with Crippen LogP contribution in [0, 0.1) is 0 Å². The van der Waals surface area contributed by atoms with E-state index in [-0.39, 0.29) is 18.6 Å². The van der Waals surface area contributed by atoms with Crippen LogP contribution in [0.1, 0.15) is 0 Å². The van der Waals surface area contributed by atoms with Gasteiger partial charge in [0, 0.05) is 12.4 Å². The molecule has 0 aliphatic carbocycles. The maximum Gasteiger partial charge on any atom is 0.349 e. The average Bonchev–Trinajstić information content (AvgIpc) is 2.62. The summed E-state index contributed by atoms with van der Waals surface area (Å²) >= 11 is 1.21. The molecule has 0 aromatic carbocycles. The van der Waals surface area contributed by atoms with Gasteiger partial charge in [-0.1, -0.05) is 11.8 Å². The monoisotopic (exact) mass is 229 g/mol. The van der Waals surface area contributed by atoms with Gasteiger partial charge >= 0.3 is 5.69 Å². The van der Waals surface area contributed by atoms with E-state index in [9.17, 15) is 4.79 Å². The lowest BCUT2D eigenvalue weighted by molar-refractivity contribution is 0.0649. The van der Waals surface area contributed by atoms with Crippen LogP contribution in [0.5, 0.6) is 0 Å². The molecule has 0 spiro atoms. The summed E-state index contributed by atoms with van der Waals surface area (Å²) < 4.78 is 6.54. The number of thioether (sulfide) groups is 1. The van der Waals surface area contributed by atoms with Gasteiger partial charge in [0.25, 0.3) is 0 Å². The molecule has 0 unspecified atom stereocenters. The van der Waals surface area contributed by atoms with Gasteiger partial charge in [-0.3, -0.25) is 10.3 Å². The minimum Gasteiger partial charge on any atom is -0.393 e. The summed E-state index contributed by atoms with van der Waals surface area (Å²) in [7, 11) is 0. The predicted octanol–water partition coefficient (Wildman–Crippen LogP) is -1.11. The lowest BCUT2D eigenvalue weighted by Gasteiger charge is -2.23. The summed E-state index contributed by atoms with van der Waals surface area (Å²) in [6.45, 7) is 0.0487. The summed E-state index contributed by atoms with van der Waals surface area (Å²) in [5.74, 6) is 0. The maximum absolute atomic E-state index is 11.4. The van der Waals surface area contributed by atoms with Crippen LogP contribution in [-0.4, -0.2) is 33.3 Å². The Hall–Kier alpha value is -0.890. The maximum atomic E-state index is 11.4. The second kappa shape index (κ2) is 3.93. The average molecular weight is 229 g/mol. The predicted molar refractivity (Wildman–Crippen MR) is 55.1 cm³/mol. The topological polar surface area (TPSA) is 90.4 Å². The van der Waals surface area contributed by atoms with E-state index in [0.29, 0.717) is 0 Å². The summed E-state index contributed by atoms with van der Waals surface area (Å²) in [6.07, 6.45) is 2.97. The second-order valence-corrected chi connectivity index (χ2v) is 4.63. The fraction of sp³-hybridized carbons (Fsp3) is 0.500. The fourth-order valence-electron chi connectivity index (χ4n) is 1.37. The molecule has 6 nitrogen and oxygen atoms in total. The van der Waals surface area contributed by atoms with E-state index < -0.39 is 10.7 Å². The summed E-state index contributed by atoms with van der Waals surface area (Å²) in [4.78, 5) is 14.1. The van der Waals surface area contributed by atoms with Gasteiger partial charge < -0.3 is 9.84 Å². The third-order valence-electron chi connectivity index (χ3n) is 2.08. The van der Waals surface area contributed by atoms with Crippen LogP contribution in [0.25, 0.3) is 0 Å². The first-order chi connectivity index (χ1) is 7.15. The molecule has 82 valence electrons. The van der Waals surface area contributed by atoms with Crippen molar-refractivity contribution in [1.82, 2.24) is 9.55 Å². The first-order valence-corrected chi connectivity index (χ1v) is 5.27. The molecular formula is C8H11N3O3S. The smallest absolute Gasteiger partial charge is 0.349 e. The molecule has 2 atom stereocenters. The molecule has 1 aliphatic heterocycles. The van der Waals surface area contributed by atoms with Crippen LogP contribution in [0.3, 0.4) is 0 Å². The van der Waals surface area contributed by atoms with Crippen molar-refractivity contribution in [2.75, 3.05) is 13.2 Å². The van der Waals surface area contributed by atoms with Crippen LogP contribution in [0.4, 0.5) is 0 Å². The zero-order valence-electron chi connectivity index (χ0n) is 7.87. The lowest BCUT2D eigenvalue weighted by Crippen LogP contribution is -2.47. The normalized spacial score (nSPS) is 30.7. The highest BCUT2D eigenvalue weighted by Crippen LogP contribution is 2.35. The summed E-state index contributed by atoms with van der Waals surface area (Å²) in [5, 5.41) is 8.91. The van der Waals surface area contributed by atoms with Crippen molar-refractivity contribution in [3.63, 3.8) is 0 Å². The Balaban J connectivity index is 2.32. The number of aliphatic hydroxyl groups is 1.